The van der Waals surface area contributed by atoms with Gasteiger partial charge < -0.3 is 0 Å². The monoisotopic (exact) mass is 398 g/mol. The third-order valence-electron chi connectivity index (χ3n) is 5.27. The van der Waals surface area contributed by atoms with Gasteiger partial charge in [-0.05, 0) is 25.0 Å². The summed E-state index contributed by atoms with van der Waals surface area (Å²) in [5, 5.41) is 0. The topological polar surface area (TPSA) is 0 Å². The van der Waals surface area contributed by atoms with Crippen LogP contribution in [0, 0.1) is 0 Å². The molecular weight excluding hydrogens is 344 g/mol. The summed E-state index contributed by atoms with van der Waals surface area (Å²) in [5.74, 6) is 1.06. The van der Waals surface area contributed by atoms with Gasteiger partial charge in [-0.15, -0.1) is 6.58 Å². The highest BCUT2D eigenvalue weighted by molar-refractivity contribution is 7.80. The second kappa shape index (κ2) is 30.8. The Bertz CT molecular complexity index is 230. The molecule has 0 aliphatic rings. The molecule has 0 nitrogen and oxygen atoms in total. The van der Waals surface area contributed by atoms with E-state index in [2.05, 4.69) is 33.1 Å². The van der Waals surface area contributed by atoms with E-state index in [-0.39, 0.29) is 0 Å². The van der Waals surface area contributed by atoms with Gasteiger partial charge in [-0.3, -0.25) is 0 Å². The summed E-state index contributed by atoms with van der Waals surface area (Å²) in [4.78, 5) is 0. The summed E-state index contributed by atoms with van der Waals surface area (Å²) < 4.78 is 0. The Morgan fingerprint density at radius 1 is 0.481 bits per heavy atom. The summed E-state index contributed by atoms with van der Waals surface area (Å²) in [5.41, 5.74) is 0. The van der Waals surface area contributed by atoms with Crippen LogP contribution in [0.4, 0.5) is 0 Å². The summed E-state index contributed by atoms with van der Waals surface area (Å²) in [6.07, 6.45) is 31.7. The average Bonchev–Trinajstić information content (AvgIpc) is 2.69. The highest BCUT2D eigenvalue weighted by Gasteiger charge is 1.93. The van der Waals surface area contributed by atoms with E-state index in [1.165, 1.54) is 135 Å². The van der Waals surface area contributed by atoms with Crippen molar-refractivity contribution in [3.05, 3.63) is 12.7 Å². The fourth-order valence-corrected chi connectivity index (χ4v) is 3.60. The molecule has 0 spiro atoms. The van der Waals surface area contributed by atoms with Crippen LogP contribution in [0.15, 0.2) is 12.7 Å². The predicted molar refractivity (Wildman–Crippen MR) is 132 cm³/mol. The Morgan fingerprint density at radius 2 is 0.778 bits per heavy atom. The predicted octanol–water partition coefficient (Wildman–Crippen LogP) is 10.3. The Morgan fingerprint density at radius 3 is 1.07 bits per heavy atom. The molecule has 1 heteroatoms. The molecular formula is C26H54S. The van der Waals surface area contributed by atoms with Crippen molar-refractivity contribution >= 4 is 12.6 Å². The zero-order chi connectivity index (χ0) is 20.3. The van der Waals surface area contributed by atoms with Gasteiger partial charge in [-0.2, -0.15) is 12.6 Å². The van der Waals surface area contributed by atoms with Crippen LogP contribution in [-0.4, -0.2) is 5.75 Å². The molecule has 0 aromatic heterocycles. The van der Waals surface area contributed by atoms with Crippen molar-refractivity contribution in [2.45, 2.75) is 149 Å². The molecule has 0 aliphatic heterocycles. The quantitative estimate of drug-likeness (QED) is 0.111. The SMILES string of the molecule is C=CCCCCCCCCCCCCCCCC.CCCCCCCCS. The fourth-order valence-electron chi connectivity index (χ4n) is 3.38. The van der Waals surface area contributed by atoms with Crippen LogP contribution in [0.5, 0.6) is 0 Å². The van der Waals surface area contributed by atoms with Gasteiger partial charge in [-0.1, -0.05) is 135 Å². The first kappa shape index (κ1) is 29.3. The van der Waals surface area contributed by atoms with Crippen molar-refractivity contribution in [3.63, 3.8) is 0 Å². The second-order valence-electron chi connectivity index (χ2n) is 8.16. The molecule has 0 aromatic carbocycles. The van der Waals surface area contributed by atoms with Gasteiger partial charge in [0.05, 0.1) is 0 Å². The van der Waals surface area contributed by atoms with Gasteiger partial charge in [0.2, 0.25) is 0 Å². The Hall–Kier alpha value is 0.0900. The van der Waals surface area contributed by atoms with E-state index >= 15 is 0 Å². The lowest BCUT2D eigenvalue weighted by molar-refractivity contribution is 0.536. The van der Waals surface area contributed by atoms with E-state index in [1.807, 2.05) is 6.08 Å². The zero-order valence-electron chi connectivity index (χ0n) is 19.3. The largest absolute Gasteiger partial charge is 0.179 e. The maximum atomic E-state index is 4.15. The summed E-state index contributed by atoms with van der Waals surface area (Å²) in [6.45, 7) is 8.30. The van der Waals surface area contributed by atoms with Crippen LogP contribution in [0.1, 0.15) is 149 Å². The van der Waals surface area contributed by atoms with E-state index < -0.39 is 0 Å². The number of hydrogen-bond donors (Lipinski definition) is 1. The third-order valence-corrected chi connectivity index (χ3v) is 5.59. The van der Waals surface area contributed by atoms with Crippen molar-refractivity contribution in [2.75, 3.05) is 5.75 Å². The molecule has 0 unspecified atom stereocenters. The molecule has 0 bridgehead atoms. The lowest BCUT2D eigenvalue weighted by atomic mass is 10.0. The van der Waals surface area contributed by atoms with Gasteiger partial charge in [0.25, 0.3) is 0 Å². The minimum atomic E-state index is 1.06. The van der Waals surface area contributed by atoms with Gasteiger partial charge in [-0.25, -0.2) is 0 Å². The Labute approximate surface area is 179 Å². The second-order valence-corrected chi connectivity index (χ2v) is 8.61. The van der Waals surface area contributed by atoms with Crippen LogP contribution in [0.3, 0.4) is 0 Å². The third kappa shape index (κ3) is 34.0. The summed E-state index contributed by atoms with van der Waals surface area (Å²) >= 11 is 4.15. The number of hydrogen-bond acceptors (Lipinski definition) is 1. The van der Waals surface area contributed by atoms with Gasteiger partial charge in [0.1, 0.15) is 0 Å². The molecule has 27 heavy (non-hydrogen) atoms. The van der Waals surface area contributed by atoms with E-state index in [4.69, 9.17) is 0 Å². The smallest absolute Gasteiger partial charge is 0.00979 e. The zero-order valence-corrected chi connectivity index (χ0v) is 20.2. The molecule has 0 aliphatic carbocycles. The van der Waals surface area contributed by atoms with Crippen LogP contribution in [-0.2, 0) is 0 Å². The maximum Gasteiger partial charge on any atom is -0.00979 e. The first-order chi connectivity index (χ1) is 13.3. The average molecular weight is 399 g/mol. The van der Waals surface area contributed by atoms with E-state index in [9.17, 15) is 0 Å². The lowest BCUT2D eigenvalue weighted by Crippen LogP contribution is -1.83. The van der Waals surface area contributed by atoms with Crippen molar-refractivity contribution in [3.8, 4) is 0 Å². The standard InChI is InChI=1S/C18H36.C8H18S/c1-3-5-7-9-11-13-15-17-18-16-14-12-10-8-6-4-2;1-2-3-4-5-6-7-8-9/h3H,1,4-18H2,2H3;9H,2-8H2,1H3. The molecule has 0 heterocycles. The summed E-state index contributed by atoms with van der Waals surface area (Å²) in [6, 6.07) is 0. The highest BCUT2D eigenvalue weighted by Crippen LogP contribution is 2.13. The van der Waals surface area contributed by atoms with Crippen LogP contribution in [0.2, 0.25) is 0 Å². The van der Waals surface area contributed by atoms with Crippen LogP contribution >= 0.6 is 12.6 Å². The fraction of sp³-hybridized carbons (Fsp3) is 0.923. The van der Waals surface area contributed by atoms with Crippen molar-refractivity contribution in [1.82, 2.24) is 0 Å². The van der Waals surface area contributed by atoms with E-state index in [0.29, 0.717) is 0 Å². The molecule has 0 radical (unpaired) electrons. The van der Waals surface area contributed by atoms with Gasteiger partial charge in [0.15, 0.2) is 0 Å². The van der Waals surface area contributed by atoms with Crippen molar-refractivity contribution in [1.29, 1.82) is 0 Å². The molecule has 0 aromatic rings. The number of rotatable bonds is 21. The molecule has 0 amide bonds. The molecule has 0 atom stereocenters. The minimum absolute atomic E-state index is 1.06. The Kier molecular flexibility index (Phi) is 33.4. The normalized spacial score (nSPS) is 10.5. The highest BCUT2D eigenvalue weighted by atomic mass is 32.1. The first-order valence-electron chi connectivity index (χ1n) is 12.5. The Balaban J connectivity index is 0. The molecule has 0 fully saturated rings. The maximum absolute atomic E-state index is 4.15. The lowest BCUT2D eigenvalue weighted by Gasteiger charge is -2.02. The molecule has 0 rings (SSSR count). The van der Waals surface area contributed by atoms with Crippen LogP contribution in [0.25, 0.3) is 0 Å². The minimum Gasteiger partial charge on any atom is -0.179 e. The molecule has 0 saturated carbocycles. The number of thiol groups is 1. The summed E-state index contributed by atoms with van der Waals surface area (Å²) in [7, 11) is 0. The van der Waals surface area contributed by atoms with Crippen molar-refractivity contribution < 1.29 is 0 Å². The van der Waals surface area contributed by atoms with Gasteiger partial charge in [0, 0.05) is 0 Å². The molecule has 0 N–H and O–H groups in total. The molecule has 0 saturated heterocycles. The van der Waals surface area contributed by atoms with E-state index in [1.54, 1.807) is 0 Å². The van der Waals surface area contributed by atoms with E-state index in [0.717, 1.165) is 5.75 Å². The van der Waals surface area contributed by atoms with Gasteiger partial charge >= 0.3 is 0 Å². The number of allylic oxidation sites excluding steroid dienone is 1. The van der Waals surface area contributed by atoms with Crippen molar-refractivity contribution in [2.24, 2.45) is 0 Å². The first-order valence-corrected chi connectivity index (χ1v) is 13.2. The number of unbranched alkanes of at least 4 members (excludes halogenated alkanes) is 19. The van der Waals surface area contributed by atoms with Crippen LogP contribution < -0.4 is 0 Å². The molecule has 164 valence electrons.